The van der Waals surface area contributed by atoms with Crippen molar-refractivity contribution in [2.75, 3.05) is 39.0 Å². The summed E-state index contributed by atoms with van der Waals surface area (Å²) in [6.07, 6.45) is 5.69. The first-order valence-corrected chi connectivity index (χ1v) is 12.4. The number of nitrogens with zero attached hydrogens (tertiary/aromatic N) is 4. The Morgan fingerprint density at radius 2 is 1.75 bits per heavy atom. The van der Waals surface area contributed by atoms with E-state index in [1.807, 2.05) is 7.05 Å². The van der Waals surface area contributed by atoms with Crippen molar-refractivity contribution in [1.82, 2.24) is 25.1 Å². The number of carbonyl (C=O) groups is 1. The van der Waals surface area contributed by atoms with Crippen LogP contribution in [0.2, 0.25) is 0 Å². The van der Waals surface area contributed by atoms with Crippen molar-refractivity contribution < 1.29 is 4.79 Å². The second kappa shape index (κ2) is 8.90. The van der Waals surface area contributed by atoms with E-state index in [1.54, 1.807) is 0 Å². The molecule has 2 fully saturated rings. The maximum Gasteiger partial charge on any atom is 0.222 e. The number of rotatable bonds is 4. The Morgan fingerprint density at radius 1 is 1.09 bits per heavy atom. The first-order chi connectivity index (χ1) is 15.0. The second-order valence-electron chi connectivity index (χ2n) is 11.6. The molecule has 3 aliphatic heterocycles. The van der Waals surface area contributed by atoms with Gasteiger partial charge in [0, 0.05) is 62.2 Å². The minimum absolute atomic E-state index is 0.0859. The molecule has 7 nitrogen and oxygen atoms in total. The van der Waals surface area contributed by atoms with Crippen molar-refractivity contribution in [3.05, 3.63) is 17.1 Å². The van der Waals surface area contributed by atoms with Crippen molar-refractivity contribution in [1.29, 1.82) is 0 Å². The predicted octanol–water partition coefficient (Wildman–Crippen LogP) is 3.16. The van der Waals surface area contributed by atoms with Gasteiger partial charge in [0.2, 0.25) is 5.91 Å². The number of carbonyl (C=O) groups excluding carboxylic acids is 1. The van der Waals surface area contributed by atoms with Crippen LogP contribution in [0.3, 0.4) is 0 Å². The van der Waals surface area contributed by atoms with E-state index in [4.69, 9.17) is 9.97 Å². The molecule has 1 aromatic heterocycles. The summed E-state index contributed by atoms with van der Waals surface area (Å²) in [6.45, 7) is 12.6. The molecule has 2 saturated heterocycles. The van der Waals surface area contributed by atoms with Gasteiger partial charge in [-0.05, 0) is 72.8 Å². The molecule has 0 atom stereocenters. The highest BCUT2D eigenvalue weighted by Gasteiger charge is 2.39. The average molecular weight is 443 g/mol. The molecule has 32 heavy (non-hydrogen) atoms. The van der Waals surface area contributed by atoms with Crippen LogP contribution in [-0.4, -0.2) is 70.5 Å². The predicted molar refractivity (Wildman–Crippen MR) is 129 cm³/mol. The first kappa shape index (κ1) is 23.4. The highest BCUT2D eigenvalue weighted by atomic mass is 16.2. The van der Waals surface area contributed by atoms with Crippen molar-refractivity contribution in [3.63, 3.8) is 0 Å². The van der Waals surface area contributed by atoms with Gasteiger partial charge in [0.15, 0.2) is 0 Å². The zero-order valence-electron chi connectivity index (χ0n) is 20.9. The van der Waals surface area contributed by atoms with Gasteiger partial charge in [-0.1, -0.05) is 0 Å². The highest BCUT2D eigenvalue weighted by Crippen LogP contribution is 2.36. The van der Waals surface area contributed by atoms with Crippen LogP contribution in [0.5, 0.6) is 0 Å². The fourth-order valence-electron chi connectivity index (χ4n) is 6.41. The van der Waals surface area contributed by atoms with Crippen molar-refractivity contribution in [3.8, 4) is 0 Å². The summed E-state index contributed by atoms with van der Waals surface area (Å²) < 4.78 is 0. The highest BCUT2D eigenvalue weighted by molar-refractivity contribution is 5.76. The molecule has 0 spiro atoms. The van der Waals surface area contributed by atoms with Crippen molar-refractivity contribution in [2.24, 2.45) is 5.92 Å². The van der Waals surface area contributed by atoms with Crippen molar-refractivity contribution >= 4 is 11.7 Å². The summed E-state index contributed by atoms with van der Waals surface area (Å²) in [5, 5.41) is 7.02. The summed E-state index contributed by atoms with van der Waals surface area (Å²) in [7, 11) is 4.10. The Morgan fingerprint density at radius 3 is 2.38 bits per heavy atom. The lowest BCUT2D eigenvalue weighted by molar-refractivity contribution is -0.134. The molecule has 178 valence electrons. The third kappa shape index (κ3) is 5.25. The van der Waals surface area contributed by atoms with E-state index < -0.39 is 0 Å². The summed E-state index contributed by atoms with van der Waals surface area (Å²) in [6, 6.07) is 0. The SMILES string of the molecule is CNc1nc(C2CCN(C(=O)CC3CC(C)(C)NC(C)(C)C3)CC2)nc2c1CCN(C)C2. The molecule has 1 amide bonds. The fourth-order valence-corrected chi connectivity index (χ4v) is 6.41. The Hall–Kier alpha value is -1.73. The topological polar surface area (TPSA) is 73.4 Å². The number of fused-ring (bicyclic) bond motifs is 1. The normalized spacial score (nSPS) is 24.2. The Labute approximate surface area is 193 Å². The van der Waals surface area contributed by atoms with Gasteiger partial charge in [-0.25, -0.2) is 9.97 Å². The lowest BCUT2D eigenvalue weighted by atomic mass is 9.74. The molecule has 0 aliphatic carbocycles. The quantitative estimate of drug-likeness (QED) is 0.746. The van der Waals surface area contributed by atoms with Crippen molar-refractivity contribution in [2.45, 2.75) is 89.8 Å². The summed E-state index contributed by atoms with van der Waals surface area (Å²) >= 11 is 0. The molecule has 1 aromatic rings. The maximum atomic E-state index is 13.1. The number of nitrogens with one attached hydrogen (secondary N) is 2. The first-order valence-electron chi connectivity index (χ1n) is 12.4. The van der Waals surface area contributed by atoms with E-state index in [0.717, 1.165) is 69.9 Å². The molecular weight excluding hydrogens is 400 g/mol. The van der Waals surface area contributed by atoms with Crippen LogP contribution < -0.4 is 10.6 Å². The molecule has 4 rings (SSSR count). The zero-order chi connectivity index (χ0) is 23.1. The molecule has 7 heteroatoms. The monoisotopic (exact) mass is 442 g/mol. The standard InChI is InChI=1S/C25H42N6O/c1-24(2)14-17(15-25(3,4)29-24)13-21(32)31-11-7-18(8-12-31)22-27-20-16-30(6)10-9-19(20)23(26-5)28-22/h17-18,29H,7-16H2,1-6H3,(H,26,27,28). The van der Waals surface area contributed by atoms with Gasteiger partial charge in [-0.3, -0.25) is 4.79 Å². The molecule has 0 bridgehead atoms. The summed E-state index contributed by atoms with van der Waals surface area (Å²) in [5.74, 6) is 3.06. The fraction of sp³-hybridized carbons (Fsp3) is 0.800. The number of hydrogen-bond acceptors (Lipinski definition) is 6. The molecule has 0 unspecified atom stereocenters. The number of amides is 1. The molecule has 4 heterocycles. The van der Waals surface area contributed by atoms with Gasteiger partial charge >= 0.3 is 0 Å². The van der Waals surface area contributed by atoms with Crippen LogP contribution in [0.4, 0.5) is 5.82 Å². The number of piperidine rings is 2. The summed E-state index contributed by atoms with van der Waals surface area (Å²) in [4.78, 5) is 27.4. The van der Waals surface area contributed by atoms with E-state index >= 15 is 0 Å². The van der Waals surface area contributed by atoms with Gasteiger partial charge in [-0.2, -0.15) is 0 Å². The average Bonchev–Trinajstić information content (AvgIpc) is 2.70. The van der Waals surface area contributed by atoms with Crippen LogP contribution >= 0.6 is 0 Å². The molecule has 0 aromatic carbocycles. The van der Waals surface area contributed by atoms with E-state index in [-0.39, 0.29) is 11.1 Å². The van der Waals surface area contributed by atoms with Crippen LogP contribution in [-0.2, 0) is 17.8 Å². The number of likely N-dealkylation sites (tertiary alicyclic amines) is 1. The lowest BCUT2D eigenvalue weighted by Crippen LogP contribution is -2.58. The maximum absolute atomic E-state index is 13.1. The minimum atomic E-state index is 0.0859. The molecule has 0 saturated carbocycles. The molecular formula is C25H42N6O. The Kier molecular flexibility index (Phi) is 6.52. The van der Waals surface area contributed by atoms with Gasteiger partial charge in [0.1, 0.15) is 11.6 Å². The van der Waals surface area contributed by atoms with Crippen LogP contribution in [0, 0.1) is 5.92 Å². The van der Waals surface area contributed by atoms with Crippen LogP contribution in [0.15, 0.2) is 0 Å². The zero-order valence-corrected chi connectivity index (χ0v) is 20.9. The number of anilines is 1. The second-order valence-corrected chi connectivity index (χ2v) is 11.6. The van der Waals surface area contributed by atoms with E-state index in [9.17, 15) is 4.79 Å². The van der Waals surface area contributed by atoms with Crippen LogP contribution in [0.1, 0.15) is 82.8 Å². The largest absolute Gasteiger partial charge is 0.373 e. The number of aromatic nitrogens is 2. The third-order valence-electron chi connectivity index (χ3n) is 7.46. The van der Waals surface area contributed by atoms with Gasteiger partial charge in [0.05, 0.1) is 5.69 Å². The van der Waals surface area contributed by atoms with Gasteiger partial charge in [-0.15, -0.1) is 0 Å². The number of likely N-dealkylation sites (N-methyl/N-ethyl adjacent to an activating group) is 1. The van der Waals surface area contributed by atoms with Crippen LogP contribution in [0.25, 0.3) is 0 Å². The Balaban J connectivity index is 1.37. The van der Waals surface area contributed by atoms with E-state index in [0.29, 0.717) is 24.2 Å². The summed E-state index contributed by atoms with van der Waals surface area (Å²) in [5.41, 5.74) is 2.61. The van der Waals surface area contributed by atoms with Gasteiger partial charge < -0.3 is 20.4 Å². The third-order valence-corrected chi connectivity index (χ3v) is 7.46. The van der Waals surface area contributed by atoms with E-state index in [1.165, 1.54) is 11.3 Å². The number of hydrogen-bond donors (Lipinski definition) is 2. The van der Waals surface area contributed by atoms with Gasteiger partial charge in [0.25, 0.3) is 0 Å². The molecule has 0 radical (unpaired) electrons. The smallest absolute Gasteiger partial charge is 0.222 e. The minimum Gasteiger partial charge on any atom is -0.373 e. The lowest BCUT2D eigenvalue weighted by Gasteiger charge is -2.46. The van der Waals surface area contributed by atoms with E-state index in [2.05, 4.69) is 55.2 Å². The molecule has 2 N–H and O–H groups in total. The molecule has 3 aliphatic rings. The Bertz CT molecular complexity index is 827.